The van der Waals surface area contributed by atoms with Gasteiger partial charge < -0.3 is 9.15 Å². The van der Waals surface area contributed by atoms with Crippen LogP contribution in [0.5, 0.6) is 5.75 Å². The van der Waals surface area contributed by atoms with E-state index in [4.69, 9.17) is 9.15 Å². The fourth-order valence-corrected chi connectivity index (χ4v) is 4.13. The normalized spacial score (nSPS) is 11.6. The Morgan fingerprint density at radius 3 is 2.20 bits per heavy atom. The molecule has 30 heavy (non-hydrogen) atoms. The van der Waals surface area contributed by atoms with E-state index < -0.39 is 9.84 Å². The second-order valence-electron chi connectivity index (χ2n) is 7.11. The van der Waals surface area contributed by atoms with Crippen molar-refractivity contribution in [1.82, 2.24) is 0 Å². The van der Waals surface area contributed by atoms with Gasteiger partial charge in [0, 0.05) is 11.8 Å². The lowest BCUT2D eigenvalue weighted by Gasteiger charge is -2.13. The lowest BCUT2D eigenvalue weighted by molar-refractivity contribution is 0.412. The quantitative estimate of drug-likeness (QED) is 0.472. The average Bonchev–Trinajstić information content (AvgIpc) is 2.73. The van der Waals surface area contributed by atoms with E-state index >= 15 is 0 Å². The Hall–Kier alpha value is -3.38. The maximum Gasteiger partial charge on any atom is 0.201 e. The highest BCUT2D eigenvalue weighted by Crippen LogP contribution is 2.34. The number of methoxy groups -OCH3 is 1. The minimum Gasteiger partial charge on any atom is -0.496 e. The van der Waals surface area contributed by atoms with Gasteiger partial charge in [-0.05, 0) is 66.6 Å². The van der Waals surface area contributed by atoms with Gasteiger partial charge in [-0.2, -0.15) is 0 Å². The third-order valence-corrected chi connectivity index (χ3v) is 6.15. The number of hydrogen-bond acceptors (Lipinski definition) is 5. The molecule has 5 nitrogen and oxygen atoms in total. The van der Waals surface area contributed by atoms with Gasteiger partial charge in [0.05, 0.1) is 23.0 Å². The maximum absolute atomic E-state index is 13.4. The standard InChI is InChI=1S/C24H20O5S/c1-15-14-17(10-13-20(15)28-2)22-23(25)19-6-4-5-7-21(19)29-24(22)16-8-11-18(12-9-16)30(3,26)27/h4-14H,1-3H3. The molecule has 0 unspecified atom stereocenters. The van der Waals surface area contributed by atoms with Crippen LogP contribution in [0.15, 0.2) is 80.8 Å². The molecule has 1 aromatic heterocycles. The van der Waals surface area contributed by atoms with Gasteiger partial charge in [0.1, 0.15) is 17.1 Å². The molecule has 0 fully saturated rings. The molecule has 0 amide bonds. The molecule has 4 aromatic rings. The molecule has 0 atom stereocenters. The lowest BCUT2D eigenvalue weighted by atomic mass is 9.97. The molecule has 0 spiro atoms. The van der Waals surface area contributed by atoms with Crippen LogP contribution in [0.25, 0.3) is 33.4 Å². The van der Waals surface area contributed by atoms with Crippen LogP contribution in [0, 0.1) is 6.92 Å². The van der Waals surface area contributed by atoms with E-state index in [1.807, 2.05) is 25.1 Å². The van der Waals surface area contributed by atoms with Crippen LogP contribution in [0.3, 0.4) is 0 Å². The second-order valence-corrected chi connectivity index (χ2v) is 9.13. The molecule has 0 aliphatic heterocycles. The Labute approximate surface area is 174 Å². The number of fused-ring (bicyclic) bond motifs is 1. The number of para-hydroxylation sites is 1. The van der Waals surface area contributed by atoms with Crippen LogP contribution in [-0.4, -0.2) is 21.8 Å². The molecule has 4 rings (SSSR count). The summed E-state index contributed by atoms with van der Waals surface area (Å²) in [6.45, 7) is 1.91. The Kier molecular flexibility index (Phi) is 4.95. The Morgan fingerprint density at radius 2 is 1.57 bits per heavy atom. The molecular formula is C24H20O5S. The SMILES string of the molecule is COc1ccc(-c2c(-c3ccc(S(C)(=O)=O)cc3)oc3ccccc3c2=O)cc1C. The Balaban J connectivity index is 2.02. The van der Waals surface area contributed by atoms with Gasteiger partial charge in [0.2, 0.25) is 5.43 Å². The molecule has 1 heterocycles. The first kappa shape index (κ1) is 19.9. The smallest absolute Gasteiger partial charge is 0.201 e. The zero-order valence-electron chi connectivity index (χ0n) is 16.8. The van der Waals surface area contributed by atoms with E-state index in [1.54, 1.807) is 43.5 Å². The van der Waals surface area contributed by atoms with E-state index in [1.165, 1.54) is 12.1 Å². The minimum absolute atomic E-state index is 0.149. The summed E-state index contributed by atoms with van der Waals surface area (Å²) in [5.41, 5.74) is 2.96. The van der Waals surface area contributed by atoms with Crippen molar-refractivity contribution in [3.63, 3.8) is 0 Å². The van der Waals surface area contributed by atoms with Gasteiger partial charge in [-0.25, -0.2) is 8.42 Å². The van der Waals surface area contributed by atoms with Crippen LogP contribution < -0.4 is 10.2 Å². The van der Waals surface area contributed by atoms with Crippen molar-refractivity contribution < 1.29 is 17.6 Å². The first-order valence-corrected chi connectivity index (χ1v) is 11.2. The molecular weight excluding hydrogens is 400 g/mol. The highest BCUT2D eigenvalue weighted by atomic mass is 32.2. The molecule has 0 aliphatic carbocycles. The summed E-state index contributed by atoms with van der Waals surface area (Å²) in [4.78, 5) is 13.6. The lowest BCUT2D eigenvalue weighted by Crippen LogP contribution is -2.08. The van der Waals surface area contributed by atoms with E-state index in [2.05, 4.69) is 0 Å². The molecule has 0 N–H and O–H groups in total. The van der Waals surface area contributed by atoms with Crippen LogP contribution in [-0.2, 0) is 9.84 Å². The molecule has 0 bridgehead atoms. The van der Waals surface area contributed by atoms with Gasteiger partial charge in [-0.15, -0.1) is 0 Å². The summed E-state index contributed by atoms with van der Waals surface area (Å²) in [6, 6.07) is 18.9. The highest BCUT2D eigenvalue weighted by Gasteiger charge is 2.19. The number of aryl methyl sites for hydroxylation is 1. The molecule has 3 aromatic carbocycles. The topological polar surface area (TPSA) is 73.6 Å². The van der Waals surface area contributed by atoms with E-state index in [9.17, 15) is 13.2 Å². The van der Waals surface area contributed by atoms with Crippen LogP contribution in [0.1, 0.15) is 5.56 Å². The molecule has 0 saturated heterocycles. The van der Waals surface area contributed by atoms with E-state index in [0.29, 0.717) is 33.4 Å². The molecule has 0 radical (unpaired) electrons. The molecule has 6 heteroatoms. The van der Waals surface area contributed by atoms with Crippen molar-refractivity contribution >= 4 is 20.8 Å². The maximum atomic E-state index is 13.4. The van der Waals surface area contributed by atoms with Crippen molar-refractivity contribution in [1.29, 1.82) is 0 Å². The predicted molar refractivity (Wildman–Crippen MR) is 118 cm³/mol. The monoisotopic (exact) mass is 420 g/mol. The van der Waals surface area contributed by atoms with Crippen molar-refractivity contribution in [3.05, 3.63) is 82.5 Å². The molecule has 0 saturated carbocycles. The number of rotatable bonds is 4. The average molecular weight is 420 g/mol. The van der Waals surface area contributed by atoms with Gasteiger partial charge in [0.25, 0.3) is 0 Å². The van der Waals surface area contributed by atoms with Gasteiger partial charge >= 0.3 is 0 Å². The summed E-state index contributed by atoms with van der Waals surface area (Å²) in [5.74, 6) is 1.12. The largest absolute Gasteiger partial charge is 0.496 e. The summed E-state index contributed by atoms with van der Waals surface area (Å²) >= 11 is 0. The fourth-order valence-electron chi connectivity index (χ4n) is 3.49. The zero-order chi connectivity index (χ0) is 21.5. The second kappa shape index (κ2) is 7.46. The number of sulfone groups is 1. The summed E-state index contributed by atoms with van der Waals surface area (Å²) in [6.07, 6.45) is 1.16. The number of hydrogen-bond donors (Lipinski definition) is 0. The van der Waals surface area contributed by atoms with Gasteiger partial charge in [-0.3, -0.25) is 4.79 Å². The third-order valence-electron chi connectivity index (χ3n) is 5.03. The third kappa shape index (κ3) is 3.50. The van der Waals surface area contributed by atoms with E-state index in [-0.39, 0.29) is 10.3 Å². The summed E-state index contributed by atoms with van der Waals surface area (Å²) < 4.78 is 35.1. The Bertz CT molecular complexity index is 1410. The van der Waals surface area contributed by atoms with Crippen molar-refractivity contribution in [2.45, 2.75) is 11.8 Å². The van der Waals surface area contributed by atoms with E-state index in [0.717, 1.165) is 17.6 Å². The highest BCUT2D eigenvalue weighted by molar-refractivity contribution is 7.90. The van der Waals surface area contributed by atoms with Crippen molar-refractivity contribution in [2.24, 2.45) is 0 Å². The van der Waals surface area contributed by atoms with Crippen molar-refractivity contribution in [3.8, 4) is 28.2 Å². The fraction of sp³-hybridized carbons (Fsp3) is 0.125. The number of ether oxygens (including phenoxy) is 1. The van der Waals surface area contributed by atoms with Crippen molar-refractivity contribution in [2.75, 3.05) is 13.4 Å². The predicted octanol–water partition coefficient (Wildman–Crippen LogP) is 4.85. The molecule has 152 valence electrons. The minimum atomic E-state index is -3.33. The Morgan fingerprint density at radius 1 is 0.900 bits per heavy atom. The molecule has 0 aliphatic rings. The first-order chi connectivity index (χ1) is 14.3. The van der Waals surface area contributed by atoms with Crippen LogP contribution in [0.4, 0.5) is 0 Å². The van der Waals surface area contributed by atoms with Crippen LogP contribution in [0.2, 0.25) is 0 Å². The van der Waals surface area contributed by atoms with Crippen LogP contribution >= 0.6 is 0 Å². The first-order valence-electron chi connectivity index (χ1n) is 9.31. The number of benzene rings is 3. The van der Waals surface area contributed by atoms with Gasteiger partial charge in [-0.1, -0.05) is 18.2 Å². The van der Waals surface area contributed by atoms with Gasteiger partial charge in [0.15, 0.2) is 9.84 Å². The zero-order valence-corrected chi connectivity index (χ0v) is 17.6. The summed E-state index contributed by atoms with van der Waals surface area (Å²) in [7, 11) is -1.73. The summed E-state index contributed by atoms with van der Waals surface area (Å²) in [5, 5.41) is 0.484.